The van der Waals surface area contributed by atoms with E-state index in [1.807, 2.05) is 55.6 Å². The minimum Gasteiger partial charge on any atom is -0.389 e. The summed E-state index contributed by atoms with van der Waals surface area (Å²) in [5.74, 6) is 0. The van der Waals surface area contributed by atoms with Gasteiger partial charge in [0.2, 0.25) is 0 Å². The van der Waals surface area contributed by atoms with E-state index in [-0.39, 0.29) is 6.04 Å². The Morgan fingerprint density at radius 1 is 1.00 bits per heavy atom. The first-order valence-electron chi connectivity index (χ1n) is 6.76. The molecule has 0 saturated heterocycles. The largest absolute Gasteiger partial charge is 0.389 e. The van der Waals surface area contributed by atoms with Gasteiger partial charge in [0.15, 0.2) is 0 Å². The molecule has 0 fully saturated rings. The lowest BCUT2D eigenvalue weighted by Gasteiger charge is -2.28. The summed E-state index contributed by atoms with van der Waals surface area (Å²) < 4.78 is 0. The molecule has 0 aliphatic carbocycles. The molecule has 0 spiro atoms. The summed E-state index contributed by atoms with van der Waals surface area (Å²) in [4.78, 5) is 2.17. The molecule has 0 heterocycles. The van der Waals surface area contributed by atoms with Crippen LogP contribution in [0.15, 0.2) is 48.5 Å². The van der Waals surface area contributed by atoms with E-state index >= 15 is 0 Å². The molecule has 0 aliphatic rings. The van der Waals surface area contributed by atoms with Crippen molar-refractivity contribution in [3.8, 4) is 0 Å². The number of halogens is 1. The molecule has 1 unspecified atom stereocenters. The Labute approximate surface area is 125 Å². The van der Waals surface area contributed by atoms with Crippen LogP contribution in [0.3, 0.4) is 0 Å². The average molecular weight is 290 g/mol. The summed E-state index contributed by atoms with van der Waals surface area (Å²) in [5.41, 5.74) is 3.13. The van der Waals surface area contributed by atoms with Crippen LogP contribution in [0.25, 0.3) is 0 Å². The van der Waals surface area contributed by atoms with Gasteiger partial charge in [-0.25, -0.2) is 0 Å². The molecule has 20 heavy (non-hydrogen) atoms. The van der Waals surface area contributed by atoms with E-state index in [0.717, 1.165) is 21.8 Å². The van der Waals surface area contributed by atoms with E-state index in [9.17, 15) is 5.11 Å². The van der Waals surface area contributed by atoms with Gasteiger partial charge >= 0.3 is 0 Å². The zero-order chi connectivity index (χ0) is 14.7. The first kappa shape index (κ1) is 14.9. The monoisotopic (exact) mass is 289 g/mol. The van der Waals surface area contributed by atoms with Crippen LogP contribution in [-0.2, 0) is 0 Å². The molecule has 0 aliphatic heterocycles. The van der Waals surface area contributed by atoms with E-state index in [1.165, 1.54) is 0 Å². The Balaban J connectivity index is 2.22. The molecule has 2 aromatic rings. The Bertz CT molecular complexity index is 565. The highest BCUT2D eigenvalue weighted by molar-refractivity contribution is 6.31. The van der Waals surface area contributed by atoms with Crippen LogP contribution < -0.4 is 4.90 Å². The molecule has 2 aromatic carbocycles. The Morgan fingerprint density at radius 3 is 2.15 bits per heavy atom. The zero-order valence-corrected chi connectivity index (χ0v) is 12.8. The van der Waals surface area contributed by atoms with Crippen molar-refractivity contribution < 1.29 is 5.11 Å². The van der Waals surface area contributed by atoms with Crippen LogP contribution >= 0.6 is 11.6 Å². The highest BCUT2D eigenvalue weighted by Gasteiger charge is 2.15. The molecular weight excluding hydrogens is 270 g/mol. The van der Waals surface area contributed by atoms with Crippen LogP contribution in [0, 0.1) is 0 Å². The predicted molar refractivity (Wildman–Crippen MR) is 85.3 cm³/mol. The van der Waals surface area contributed by atoms with Gasteiger partial charge in [-0.15, -0.1) is 0 Å². The van der Waals surface area contributed by atoms with Gasteiger partial charge in [0.1, 0.15) is 0 Å². The van der Waals surface area contributed by atoms with E-state index < -0.39 is 6.10 Å². The summed E-state index contributed by atoms with van der Waals surface area (Å²) in [7, 11) is 2.05. The molecule has 0 saturated carbocycles. The quantitative estimate of drug-likeness (QED) is 0.890. The summed E-state index contributed by atoms with van der Waals surface area (Å²) in [6, 6.07) is 16.0. The second-order valence-corrected chi connectivity index (χ2v) is 5.48. The van der Waals surface area contributed by atoms with Crippen LogP contribution in [0.2, 0.25) is 5.02 Å². The standard InChI is InChI=1S/C17H20ClNO/c1-12(16-6-4-5-7-17(16)18)19(3)15-10-8-14(9-11-15)13(2)20/h4-13,20H,1-3H3/t12?,13-/m0/s1. The Kier molecular flexibility index (Phi) is 4.69. The number of anilines is 1. The molecule has 0 radical (unpaired) electrons. The normalized spacial score (nSPS) is 13.8. The molecule has 2 nitrogen and oxygen atoms in total. The number of aliphatic hydroxyl groups excluding tert-OH is 1. The second kappa shape index (κ2) is 6.29. The molecule has 1 N–H and O–H groups in total. The number of aliphatic hydroxyl groups is 1. The highest BCUT2D eigenvalue weighted by atomic mass is 35.5. The molecule has 3 heteroatoms. The maximum atomic E-state index is 9.55. The maximum absolute atomic E-state index is 9.55. The lowest BCUT2D eigenvalue weighted by Crippen LogP contribution is -2.21. The topological polar surface area (TPSA) is 23.5 Å². The number of benzene rings is 2. The van der Waals surface area contributed by atoms with Crippen molar-refractivity contribution in [1.29, 1.82) is 0 Å². The molecular formula is C17H20ClNO. The fourth-order valence-corrected chi connectivity index (χ4v) is 2.53. The Morgan fingerprint density at radius 2 is 1.60 bits per heavy atom. The van der Waals surface area contributed by atoms with Crippen molar-refractivity contribution in [3.63, 3.8) is 0 Å². The number of hydrogen-bond donors (Lipinski definition) is 1. The molecule has 2 atom stereocenters. The molecule has 106 valence electrons. The van der Waals surface area contributed by atoms with Crippen molar-refractivity contribution >= 4 is 17.3 Å². The molecule has 0 aromatic heterocycles. The second-order valence-electron chi connectivity index (χ2n) is 5.08. The van der Waals surface area contributed by atoms with E-state index in [4.69, 9.17) is 11.6 Å². The highest BCUT2D eigenvalue weighted by Crippen LogP contribution is 2.30. The minimum atomic E-state index is -0.435. The SMILES string of the molecule is CC(c1ccccc1Cl)N(C)c1ccc([C@H](C)O)cc1. The molecule has 0 bridgehead atoms. The fraction of sp³-hybridized carbons (Fsp3) is 0.294. The molecule has 2 rings (SSSR count). The van der Waals surface area contributed by atoms with Crippen LogP contribution in [0.1, 0.15) is 37.1 Å². The average Bonchev–Trinajstić information content (AvgIpc) is 2.46. The van der Waals surface area contributed by atoms with E-state index in [2.05, 4.69) is 11.8 Å². The first-order valence-corrected chi connectivity index (χ1v) is 7.13. The van der Waals surface area contributed by atoms with Crippen molar-refractivity contribution in [3.05, 3.63) is 64.7 Å². The van der Waals surface area contributed by atoms with Gasteiger partial charge in [-0.05, 0) is 43.2 Å². The zero-order valence-electron chi connectivity index (χ0n) is 12.0. The number of rotatable bonds is 4. The summed E-state index contributed by atoms with van der Waals surface area (Å²) in [6.07, 6.45) is -0.435. The fourth-order valence-electron chi connectivity index (χ4n) is 2.23. The van der Waals surface area contributed by atoms with Gasteiger partial charge in [0.05, 0.1) is 12.1 Å². The maximum Gasteiger partial charge on any atom is 0.0761 e. The number of hydrogen-bond acceptors (Lipinski definition) is 2. The van der Waals surface area contributed by atoms with Crippen LogP contribution in [-0.4, -0.2) is 12.2 Å². The third kappa shape index (κ3) is 3.14. The first-order chi connectivity index (χ1) is 9.50. The van der Waals surface area contributed by atoms with E-state index in [1.54, 1.807) is 6.92 Å². The van der Waals surface area contributed by atoms with Crippen LogP contribution in [0.5, 0.6) is 0 Å². The summed E-state index contributed by atoms with van der Waals surface area (Å²) in [5, 5.41) is 10.3. The van der Waals surface area contributed by atoms with Crippen molar-refractivity contribution in [2.24, 2.45) is 0 Å². The van der Waals surface area contributed by atoms with Crippen molar-refractivity contribution in [2.75, 3.05) is 11.9 Å². The van der Waals surface area contributed by atoms with Crippen LogP contribution in [0.4, 0.5) is 5.69 Å². The summed E-state index contributed by atoms with van der Waals surface area (Å²) >= 11 is 6.26. The lowest BCUT2D eigenvalue weighted by atomic mass is 10.1. The van der Waals surface area contributed by atoms with Gasteiger partial charge in [0.25, 0.3) is 0 Å². The number of nitrogens with zero attached hydrogens (tertiary/aromatic N) is 1. The van der Waals surface area contributed by atoms with E-state index in [0.29, 0.717) is 0 Å². The predicted octanol–water partition coefficient (Wildman–Crippen LogP) is 4.59. The van der Waals surface area contributed by atoms with Gasteiger partial charge < -0.3 is 10.0 Å². The lowest BCUT2D eigenvalue weighted by molar-refractivity contribution is 0.199. The van der Waals surface area contributed by atoms with Gasteiger partial charge in [0, 0.05) is 17.8 Å². The Hall–Kier alpha value is -1.51. The van der Waals surface area contributed by atoms with Gasteiger partial charge in [-0.2, -0.15) is 0 Å². The van der Waals surface area contributed by atoms with Crippen molar-refractivity contribution in [1.82, 2.24) is 0 Å². The third-order valence-electron chi connectivity index (χ3n) is 3.72. The molecule has 0 amide bonds. The third-order valence-corrected chi connectivity index (χ3v) is 4.06. The summed E-state index contributed by atoms with van der Waals surface area (Å²) in [6.45, 7) is 3.90. The minimum absolute atomic E-state index is 0.182. The van der Waals surface area contributed by atoms with Gasteiger partial charge in [-0.1, -0.05) is 41.9 Å². The van der Waals surface area contributed by atoms with Gasteiger partial charge in [-0.3, -0.25) is 0 Å². The van der Waals surface area contributed by atoms with Crippen molar-refractivity contribution in [2.45, 2.75) is 26.0 Å². The smallest absolute Gasteiger partial charge is 0.0761 e.